The van der Waals surface area contributed by atoms with Crippen LogP contribution >= 0.6 is 0 Å². The molecule has 2 rings (SSSR count). The summed E-state index contributed by atoms with van der Waals surface area (Å²) in [5.41, 5.74) is 5.83. The third kappa shape index (κ3) is 4.48. The molecule has 21 heavy (non-hydrogen) atoms. The topological polar surface area (TPSA) is 75.9 Å². The summed E-state index contributed by atoms with van der Waals surface area (Å²) >= 11 is 0. The Kier molecular flexibility index (Phi) is 5.65. The Morgan fingerprint density at radius 1 is 1.24 bits per heavy atom. The first kappa shape index (κ1) is 15.9. The Balaban J connectivity index is 2.08. The molecule has 1 aromatic heterocycles. The van der Waals surface area contributed by atoms with Crippen LogP contribution in [0.4, 0.5) is 17.6 Å². The Hall–Kier alpha value is -1.52. The molecule has 0 saturated heterocycles. The lowest BCUT2D eigenvalue weighted by Crippen LogP contribution is -2.35. The van der Waals surface area contributed by atoms with Gasteiger partial charge in [0.25, 0.3) is 0 Å². The zero-order valence-electron chi connectivity index (χ0n) is 13.5. The third-order valence-corrected chi connectivity index (χ3v) is 4.31. The molecule has 1 aliphatic carbocycles. The maximum Gasteiger partial charge on any atom is 0.223 e. The summed E-state index contributed by atoms with van der Waals surface area (Å²) in [6.07, 6.45) is 6.21. The minimum Gasteiger partial charge on any atom is -0.370 e. The molecule has 0 spiro atoms. The number of anilines is 3. The second-order valence-electron chi connectivity index (χ2n) is 6.37. The number of nitrogens with one attached hydrogen (secondary N) is 2. The van der Waals surface area contributed by atoms with Crippen LogP contribution < -0.4 is 16.4 Å². The third-order valence-electron chi connectivity index (χ3n) is 4.31. The highest BCUT2D eigenvalue weighted by atomic mass is 15.1. The lowest BCUT2D eigenvalue weighted by atomic mass is 9.78. The SMILES string of the molecule is CCCNc1cc(NC2CCCCC2C(C)C)nc(N)n1. The van der Waals surface area contributed by atoms with Gasteiger partial charge in [-0.15, -0.1) is 0 Å². The van der Waals surface area contributed by atoms with Crippen molar-refractivity contribution in [3.63, 3.8) is 0 Å². The van der Waals surface area contributed by atoms with Crippen molar-refractivity contribution in [2.24, 2.45) is 11.8 Å². The van der Waals surface area contributed by atoms with E-state index >= 15 is 0 Å². The number of nitrogen functional groups attached to an aromatic ring is 1. The van der Waals surface area contributed by atoms with Gasteiger partial charge in [-0.05, 0) is 31.1 Å². The number of aromatic nitrogens is 2. The van der Waals surface area contributed by atoms with E-state index in [1.54, 1.807) is 0 Å². The van der Waals surface area contributed by atoms with Crippen molar-refractivity contribution in [1.29, 1.82) is 0 Å². The average molecular weight is 291 g/mol. The molecule has 1 saturated carbocycles. The molecular weight excluding hydrogens is 262 g/mol. The van der Waals surface area contributed by atoms with Gasteiger partial charge >= 0.3 is 0 Å². The van der Waals surface area contributed by atoms with Crippen LogP contribution in [0.15, 0.2) is 6.07 Å². The van der Waals surface area contributed by atoms with Crippen LogP contribution in [-0.4, -0.2) is 22.6 Å². The summed E-state index contributed by atoms with van der Waals surface area (Å²) in [5, 5.41) is 6.87. The van der Waals surface area contributed by atoms with Crippen molar-refractivity contribution in [2.45, 2.75) is 58.9 Å². The maximum absolute atomic E-state index is 5.83. The van der Waals surface area contributed by atoms with E-state index in [0.717, 1.165) is 24.6 Å². The largest absolute Gasteiger partial charge is 0.370 e. The molecule has 118 valence electrons. The molecule has 0 aliphatic heterocycles. The van der Waals surface area contributed by atoms with Crippen LogP contribution in [0.1, 0.15) is 52.9 Å². The second kappa shape index (κ2) is 7.48. The maximum atomic E-state index is 5.83. The predicted molar refractivity (Wildman–Crippen MR) is 89.4 cm³/mol. The fourth-order valence-electron chi connectivity index (χ4n) is 3.21. The number of nitrogens with two attached hydrogens (primary N) is 1. The molecule has 5 nitrogen and oxygen atoms in total. The van der Waals surface area contributed by atoms with Crippen molar-refractivity contribution in [3.8, 4) is 0 Å². The van der Waals surface area contributed by atoms with Crippen molar-refractivity contribution in [2.75, 3.05) is 22.9 Å². The smallest absolute Gasteiger partial charge is 0.223 e. The van der Waals surface area contributed by atoms with Crippen molar-refractivity contribution in [3.05, 3.63) is 6.07 Å². The summed E-state index contributed by atoms with van der Waals surface area (Å²) in [7, 11) is 0. The van der Waals surface area contributed by atoms with E-state index in [1.165, 1.54) is 25.7 Å². The summed E-state index contributed by atoms with van der Waals surface area (Å²) in [5.74, 6) is 3.39. The van der Waals surface area contributed by atoms with Crippen LogP contribution in [0.5, 0.6) is 0 Å². The van der Waals surface area contributed by atoms with Crippen LogP contribution in [0.2, 0.25) is 0 Å². The van der Waals surface area contributed by atoms with Gasteiger partial charge in [-0.2, -0.15) is 9.97 Å². The van der Waals surface area contributed by atoms with E-state index < -0.39 is 0 Å². The fourth-order valence-corrected chi connectivity index (χ4v) is 3.21. The average Bonchev–Trinajstić information content (AvgIpc) is 2.45. The van der Waals surface area contributed by atoms with Gasteiger partial charge in [0.1, 0.15) is 11.6 Å². The number of hydrogen-bond donors (Lipinski definition) is 3. The monoisotopic (exact) mass is 291 g/mol. The summed E-state index contributed by atoms with van der Waals surface area (Å²) in [6.45, 7) is 7.65. The van der Waals surface area contributed by atoms with E-state index in [4.69, 9.17) is 5.73 Å². The van der Waals surface area contributed by atoms with Gasteiger partial charge in [-0.1, -0.05) is 33.6 Å². The first-order chi connectivity index (χ1) is 10.1. The van der Waals surface area contributed by atoms with Gasteiger partial charge in [0.05, 0.1) is 0 Å². The van der Waals surface area contributed by atoms with E-state index in [2.05, 4.69) is 41.4 Å². The minimum absolute atomic E-state index is 0.329. The Morgan fingerprint density at radius 2 is 1.95 bits per heavy atom. The molecule has 2 atom stereocenters. The van der Waals surface area contributed by atoms with Crippen LogP contribution in [-0.2, 0) is 0 Å². The molecule has 4 N–H and O–H groups in total. The van der Waals surface area contributed by atoms with Crippen LogP contribution in [0.25, 0.3) is 0 Å². The van der Waals surface area contributed by atoms with Crippen molar-refractivity contribution >= 4 is 17.6 Å². The molecule has 1 aromatic rings. The molecule has 1 heterocycles. The van der Waals surface area contributed by atoms with Crippen molar-refractivity contribution in [1.82, 2.24) is 9.97 Å². The molecule has 1 fully saturated rings. The Bertz CT molecular complexity index is 446. The first-order valence-electron chi connectivity index (χ1n) is 8.25. The Morgan fingerprint density at radius 3 is 2.67 bits per heavy atom. The van der Waals surface area contributed by atoms with Gasteiger partial charge < -0.3 is 16.4 Å². The van der Waals surface area contributed by atoms with Gasteiger partial charge in [0.15, 0.2) is 0 Å². The molecule has 5 heteroatoms. The Labute approximate surface area is 128 Å². The lowest BCUT2D eigenvalue weighted by molar-refractivity contribution is 0.253. The van der Waals surface area contributed by atoms with E-state index in [9.17, 15) is 0 Å². The van der Waals surface area contributed by atoms with E-state index in [1.807, 2.05) is 6.07 Å². The molecule has 0 amide bonds. The van der Waals surface area contributed by atoms with Gasteiger partial charge in [0.2, 0.25) is 5.95 Å². The molecule has 0 bridgehead atoms. The van der Waals surface area contributed by atoms with Gasteiger partial charge in [-0.25, -0.2) is 0 Å². The van der Waals surface area contributed by atoms with Crippen molar-refractivity contribution < 1.29 is 0 Å². The predicted octanol–water partition coefficient (Wildman–Crippen LogP) is 3.51. The molecule has 0 aromatic carbocycles. The zero-order chi connectivity index (χ0) is 15.2. The van der Waals surface area contributed by atoms with E-state index in [0.29, 0.717) is 23.8 Å². The second-order valence-corrected chi connectivity index (χ2v) is 6.37. The minimum atomic E-state index is 0.329. The first-order valence-corrected chi connectivity index (χ1v) is 8.25. The highest BCUT2D eigenvalue weighted by molar-refractivity contribution is 5.51. The normalized spacial score (nSPS) is 22.3. The fraction of sp³-hybridized carbons (Fsp3) is 0.750. The lowest BCUT2D eigenvalue weighted by Gasteiger charge is -2.35. The quantitative estimate of drug-likeness (QED) is 0.748. The van der Waals surface area contributed by atoms with Gasteiger partial charge in [0, 0.05) is 18.7 Å². The molecule has 0 radical (unpaired) electrons. The zero-order valence-corrected chi connectivity index (χ0v) is 13.5. The van der Waals surface area contributed by atoms with Crippen LogP contribution in [0.3, 0.4) is 0 Å². The number of hydrogen-bond acceptors (Lipinski definition) is 5. The molecule has 1 aliphatic rings. The summed E-state index contributed by atoms with van der Waals surface area (Å²) < 4.78 is 0. The number of nitrogens with zero attached hydrogens (tertiary/aromatic N) is 2. The summed E-state index contributed by atoms with van der Waals surface area (Å²) in [6, 6.07) is 2.46. The standard InChI is InChI=1S/C16H29N5/c1-4-9-18-14-10-15(21-16(17)20-14)19-13-8-6-5-7-12(13)11(2)3/h10-13H,4-9H2,1-3H3,(H4,17,18,19,20,21). The van der Waals surface area contributed by atoms with Gasteiger partial charge in [-0.3, -0.25) is 0 Å². The molecule has 2 unspecified atom stereocenters. The molecular formula is C16H29N5. The van der Waals surface area contributed by atoms with Crippen LogP contribution in [0, 0.1) is 11.8 Å². The number of rotatable bonds is 6. The highest BCUT2D eigenvalue weighted by Gasteiger charge is 2.27. The summed E-state index contributed by atoms with van der Waals surface area (Å²) in [4.78, 5) is 8.58. The van der Waals surface area contributed by atoms with E-state index in [-0.39, 0.29) is 0 Å². The highest BCUT2D eigenvalue weighted by Crippen LogP contribution is 2.32.